The summed E-state index contributed by atoms with van der Waals surface area (Å²) >= 11 is 0. The highest BCUT2D eigenvalue weighted by molar-refractivity contribution is 5.79. The summed E-state index contributed by atoms with van der Waals surface area (Å²) in [5, 5.41) is 6.47. The number of benzene rings is 1. The maximum Gasteiger partial charge on any atom is 0.191 e. The van der Waals surface area contributed by atoms with Gasteiger partial charge in [0.25, 0.3) is 0 Å². The number of hydrogen-bond donors (Lipinski definition) is 2. The molecule has 130 valence electrons. The van der Waals surface area contributed by atoms with Crippen LogP contribution in [0.1, 0.15) is 26.7 Å². The molecule has 0 aliphatic rings. The summed E-state index contributed by atoms with van der Waals surface area (Å²) in [6.45, 7) is 8.42. The molecule has 6 heteroatoms. The predicted molar refractivity (Wildman–Crippen MR) is 91.6 cm³/mol. The van der Waals surface area contributed by atoms with Crippen LogP contribution < -0.4 is 15.4 Å². The second-order valence-corrected chi connectivity index (χ2v) is 4.89. The molecule has 0 fully saturated rings. The van der Waals surface area contributed by atoms with E-state index < -0.39 is 0 Å². The van der Waals surface area contributed by atoms with Gasteiger partial charge in [-0.3, -0.25) is 4.99 Å². The number of aliphatic imine (C=N–C) groups is 1. The van der Waals surface area contributed by atoms with Crippen molar-refractivity contribution in [2.75, 3.05) is 39.5 Å². The highest BCUT2D eigenvalue weighted by Gasteiger charge is 1.97. The smallest absolute Gasteiger partial charge is 0.191 e. The standard InChI is InChI=1S/C17H28FN3O2/c1-3-19-17(20-11-5-13-22-4-2)21-12-6-14-23-16-9-7-15(18)8-10-16/h7-10H,3-6,11-14H2,1-2H3,(H2,19,20,21). The van der Waals surface area contributed by atoms with Gasteiger partial charge in [-0.15, -0.1) is 0 Å². The van der Waals surface area contributed by atoms with Crippen molar-refractivity contribution < 1.29 is 13.9 Å². The molecule has 0 saturated heterocycles. The minimum absolute atomic E-state index is 0.257. The molecule has 2 N–H and O–H groups in total. The second-order valence-electron chi connectivity index (χ2n) is 4.89. The van der Waals surface area contributed by atoms with E-state index >= 15 is 0 Å². The molecule has 5 nitrogen and oxygen atoms in total. The van der Waals surface area contributed by atoms with Crippen LogP contribution in [0.5, 0.6) is 5.75 Å². The summed E-state index contributed by atoms with van der Waals surface area (Å²) < 4.78 is 23.6. The van der Waals surface area contributed by atoms with E-state index in [4.69, 9.17) is 9.47 Å². The van der Waals surface area contributed by atoms with Crippen LogP contribution in [0.15, 0.2) is 29.3 Å². The zero-order valence-corrected chi connectivity index (χ0v) is 14.1. The average molecular weight is 325 g/mol. The molecule has 0 atom stereocenters. The van der Waals surface area contributed by atoms with Crippen LogP contribution in [0.2, 0.25) is 0 Å². The van der Waals surface area contributed by atoms with E-state index in [1.807, 2.05) is 13.8 Å². The fourth-order valence-electron chi connectivity index (χ4n) is 1.84. The lowest BCUT2D eigenvalue weighted by Gasteiger charge is -2.11. The van der Waals surface area contributed by atoms with Gasteiger partial charge < -0.3 is 20.1 Å². The Kier molecular flexibility index (Phi) is 10.6. The Bertz CT molecular complexity index is 438. The second kappa shape index (κ2) is 12.7. The normalized spacial score (nSPS) is 11.3. The summed E-state index contributed by atoms with van der Waals surface area (Å²) in [6.07, 6.45) is 1.75. The molecule has 23 heavy (non-hydrogen) atoms. The molecule has 0 aliphatic carbocycles. The van der Waals surface area contributed by atoms with Gasteiger partial charge in [0.15, 0.2) is 5.96 Å². The molecule has 1 aromatic rings. The molecule has 1 aromatic carbocycles. The lowest BCUT2D eigenvalue weighted by Crippen LogP contribution is -2.38. The molecule has 0 spiro atoms. The van der Waals surface area contributed by atoms with Crippen LogP contribution in [-0.4, -0.2) is 45.4 Å². The first-order valence-electron chi connectivity index (χ1n) is 8.24. The number of ether oxygens (including phenoxy) is 2. The van der Waals surface area contributed by atoms with Crippen molar-refractivity contribution in [3.05, 3.63) is 30.1 Å². The Labute approximate surface area is 138 Å². The monoisotopic (exact) mass is 325 g/mol. The first-order chi connectivity index (χ1) is 11.3. The summed E-state index contributed by atoms with van der Waals surface area (Å²) in [6, 6.07) is 6.04. The van der Waals surface area contributed by atoms with Gasteiger partial charge in [-0.25, -0.2) is 4.39 Å². The van der Waals surface area contributed by atoms with Crippen molar-refractivity contribution in [3.63, 3.8) is 0 Å². The molecule has 0 radical (unpaired) electrons. The predicted octanol–water partition coefficient (Wildman–Crippen LogP) is 2.58. The maximum absolute atomic E-state index is 12.8. The van der Waals surface area contributed by atoms with E-state index in [2.05, 4.69) is 15.6 Å². The molecule has 0 amide bonds. The van der Waals surface area contributed by atoms with Crippen LogP contribution in [0.3, 0.4) is 0 Å². The SMILES string of the molecule is CCNC(=NCCCOc1ccc(F)cc1)NCCCOCC. The van der Waals surface area contributed by atoms with E-state index in [1.54, 1.807) is 12.1 Å². The summed E-state index contributed by atoms with van der Waals surface area (Å²) in [4.78, 5) is 4.49. The Morgan fingerprint density at radius 2 is 1.87 bits per heavy atom. The Hall–Kier alpha value is -1.82. The molecular weight excluding hydrogens is 297 g/mol. The van der Waals surface area contributed by atoms with E-state index in [0.29, 0.717) is 18.9 Å². The molecule has 0 unspecified atom stereocenters. The third-order valence-electron chi connectivity index (χ3n) is 2.96. The summed E-state index contributed by atoms with van der Waals surface area (Å²) in [5.74, 6) is 1.23. The van der Waals surface area contributed by atoms with Gasteiger partial charge in [0.2, 0.25) is 0 Å². The van der Waals surface area contributed by atoms with Crippen molar-refractivity contribution in [2.24, 2.45) is 4.99 Å². The highest BCUT2D eigenvalue weighted by atomic mass is 19.1. The van der Waals surface area contributed by atoms with Crippen molar-refractivity contribution in [1.29, 1.82) is 0 Å². The maximum atomic E-state index is 12.8. The van der Waals surface area contributed by atoms with Crippen LogP contribution in [0, 0.1) is 5.82 Å². The Morgan fingerprint density at radius 3 is 2.57 bits per heavy atom. The number of halogens is 1. The Balaban J connectivity index is 2.18. The van der Waals surface area contributed by atoms with Crippen molar-refractivity contribution in [1.82, 2.24) is 10.6 Å². The van der Waals surface area contributed by atoms with Crippen molar-refractivity contribution in [2.45, 2.75) is 26.7 Å². The largest absolute Gasteiger partial charge is 0.494 e. The zero-order valence-electron chi connectivity index (χ0n) is 14.1. The molecule has 0 saturated carbocycles. The van der Waals surface area contributed by atoms with Crippen LogP contribution >= 0.6 is 0 Å². The van der Waals surface area contributed by atoms with E-state index in [1.165, 1.54) is 12.1 Å². The van der Waals surface area contributed by atoms with Crippen LogP contribution in [0.4, 0.5) is 4.39 Å². The van der Waals surface area contributed by atoms with Crippen LogP contribution in [0.25, 0.3) is 0 Å². The first-order valence-corrected chi connectivity index (χ1v) is 8.24. The zero-order chi connectivity index (χ0) is 16.8. The first kappa shape index (κ1) is 19.2. The number of guanidine groups is 1. The topological polar surface area (TPSA) is 54.9 Å². The molecule has 0 heterocycles. The fraction of sp³-hybridized carbons (Fsp3) is 0.588. The number of rotatable bonds is 11. The third-order valence-corrected chi connectivity index (χ3v) is 2.96. The minimum Gasteiger partial charge on any atom is -0.494 e. The Morgan fingerprint density at radius 1 is 1.09 bits per heavy atom. The van der Waals surface area contributed by atoms with E-state index in [0.717, 1.165) is 45.1 Å². The van der Waals surface area contributed by atoms with Gasteiger partial charge in [0.1, 0.15) is 11.6 Å². The van der Waals surface area contributed by atoms with Crippen molar-refractivity contribution >= 4 is 5.96 Å². The average Bonchev–Trinajstić information content (AvgIpc) is 2.56. The lowest BCUT2D eigenvalue weighted by molar-refractivity contribution is 0.145. The summed E-state index contributed by atoms with van der Waals surface area (Å²) in [7, 11) is 0. The van der Waals surface area contributed by atoms with Crippen LogP contribution in [-0.2, 0) is 4.74 Å². The third kappa shape index (κ3) is 9.73. The van der Waals surface area contributed by atoms with Gasteiger partial charge in [0.05, 0.1) is 6.61 Å². The number of nitrogens with one attached hydrogen (secondary N) is 2. The van der Waals surface area contributed by atoms with Gasteiger partial charge in [-0.2, -0.15) is 0 Å². The minimum atomic E-state index is -0.257. The summed E-state index contributed by atoms with van der Waals surface area (Å²) in [5.41, 5.74) is 0. The highest BCUT2D eigenvalue weighted by Crippen LogP contribution is 2.10. The van der Waals surface area contributed by atoms with Gasteiger partial charge in [0, 0.05) is 39.3 Å². The lowest BCUT2D eigenvalue weighted by atomic mass is 10.3. The van der Waals surface area contributed by atoms with Gasteiger partial charge in [-0.1, -0.05) is 0 Å². The quantitative estimate of drug-likeness (QED) is 0.373. The van der Waals surface area contributed by atoms with Crippen molar-refractivity contribution in [3.8, 4) is 5.75 Å². The molecular formula is C17H28FN3O2. The molecule has 0 aromatic heterocycles. The van der Waals surface area contributed by atoms with E-state index in [-0.39, 0.29) is 5.82 Å². The van der Waals surface area contributed by atoms with Gasteiger partial charge >= 0.3 is 0 Å². The molecule has 0 aliphatic heterocycles. The van der Waals surface area contributed by atoms with Gasteiger partial charge in [-0.05, 0) is 44.5 Å². The molecule has 0 bridgehead atoms. The molecule has 1 rings (SSSR count). The number of hydrogen-bond acceptors (Lipinski definition) is 3. The number of nitrogens with zero attached hydrogens (tertiary/aromatic N) is 1. The fourth-order valence-corrected chi connectivity index (χ4v) is 1.84. The van der Waals surface area contributed by atoms with E-state index in [9.17, 15) is 4.39 Å².